The van der Waals surface area contributed by atoms with Crippen LogP contribution in [-0.4, -0.2) is 61.1 Å². The van der Waals surface area contributed by atoms with Crippen LogP contribution < -0.4 is 4.74 Å². The monoisotopic (exact) mass is 476 g/mol. The van der Waals surface area contributed by atoms with Crippen LogP contribution in [0.5, 0.6) is 5.75 Å². The molecule has 1 aromatic rings. The highest BCUT2D eigenvalue weighted by atomic mass is 79.9. The first-order valence-electron chi connectivity index (χ1n) is 8.61. The van der Waals surface area contributed by atoms with E-state index in [9.17, 15) is 18.0 Å². The lowest BCUT2D eigenvalue weighted by Crippen LogP contribution is -2.44. The van der Waals surface area contributed by atoms with E-state index in [1.54, 1.807) is 13.2 Å². The lowest BCUT2D eigenvalue weighted by molar-refractivity contribution is -0.147. The number of methoxy groups -OCH3 is 1. The number of hydrogen-bond acceptors (Lipinski definition) is 6. The van der Waals surface area contributed by atoms with Crippen molar-refractivity contribution >= 4 is 49.5 Å². The van der Waals surface area contributed by atoms with Crippen molar-refractivity contribution in [2.24, 2.45) is 0 Å². The molecule has 0 aliphatic carbocycles. The SMILES string of the molecule is COc1ccc(Br)cc1C1SCCN1S(=O)(=O)CCN1C(=O)CCCC1=O. The fraction of sp³-hybridized carbons (Fsp3) is 0.529. The molecule has 7 nitrogen and oxygen atoms in total. The molecule has 0 aromatic heterocycles. The molecule has 10 heteroatoms. The van der Waals surface area contributed by atoms with E-state index in [4.69, 9.17) is 4.74 Å². The summed E-state index contributed by atoms with van der Waals surface area (Å²) in [5.41, 5.74) is 0.781. The van der Waals surface area contributed by atoms with Crippen molar-refractivity contribution in [3.05, 3.63) is 28.2 Å². The van der Waals surface area contributed by atoms with Gasteiger partial charge < -0.3 is 4.74 Å². The number of nitrogens with zero attached hydrogens (tertiary/aromatic N) is 2. The molecule has 2 aliphatic heterocycles. The number of halogens is 1. The fourth-order valence-corrected chi connectivity index (χ4v) is 6.91. The molecule has 2 saturated heterocycles. The van der Waals surface area contributed by atoms with Crippen LogP contribution in [0.3, 0.4) is 0 Å². The molecule has 27 heavy (non-hydrogen) atoms. The molecule has 2 aliphatic rings. The van der Waals surface area contributed by atoms with Gasteiger partial charge in [0.1, 0.15) is 5.75 Å². The molecule has 2 amide bonds. The summed E-state index contributed by atoms with van der Waals surface area (Å²) in [5, 5.41) is -0.393. The predicted octanol–water partition coefficient (Wildman–Crippen LogP) is 2.37. The van der Waals surface area contributed by atoms with Crippen LogP contribution in [0.2, 0.25) is 0 Å². The first-order valence-corrected chi connectivity index (χ1v) is 12.1. The number of rotatable bonds is 6. The Morgan fingerprint density at radius 1 is 1.26 bits per heavy atom. The summed E-state index contributed by atoms with van der Waals surface area (Å²) in [6.07, 6.45) is 1.13. The van der Waals surface area contributed by atoms with Crippen molar-refractivity contribution in [1.29, 1.82) is 0 Å². The second-order valence-corrected chi connectivity index (χ2v) is 10.5. The van der Waals surface area contributed by atoms with Crippen LogP contribution in [0.1, 0.15) is 30.2 Å². The fourth-order valence-electron chi connectivity index (χ4n) is 3.26. The van der Waals surface area contributed by atoms with Gasteiger partial charge in [0.15, 0.2) is 0 Å². The summed E-state index contributed by atoms with van der Waals surface area (Å²) in [5.74, 6) is 0.447. The van der Waals surface area contributed by atoms with Crippen molar-refractivity contribution in [3.63, 3.8) is 0 Å². The first kappa shape index (κ1) is 20.6. The molecule has 148 valence electrons. The van der Waals surface area contributed by atoms with Crippen LogP contribution in [0, 0.1) is 0 Å². The Hall–Kier alpha value is -1.10. The third-order valence-electron chi connectivity index (χ3n) is 4.62. The molecule has 0 N–H and O–H groups in total. The Kier molecular flexibility index (Phi) is 6.50. The van der Waals surface area contributed by atoms with E-state index in [0.29, 0.717) is 37.3 Å². The average molecular weight is 477 g/mol. The highest BCUT2D eigenvalue weighted by Crippen LogP contribution is 2.44. The van der Waals surface area contributed by atoms with Gasteiger partial charge in [-0.2, -0.15) is 4.31 Å². The van der Waals surface area contributed by atoms with Crippen LogP contribution in [-0.2, 0) is 19.6 Å². The lowest BCUT2D eigenvalue weighted by Gasteiger charge is -2.28. The number of amides is 2. The Balaban J connectivity index is 1.78. The molecule has 3 rings (SSSR count). The Morgan fingerprint density at radius 2 is 1.96 bits per heavy atom. The number of ether oxygens (including phenoxy) is 1. The largest absolute Gasteiger partial charge is 0.496 e. The maximum absolute atomic E-state index is 13.0. The third-order valence-corrected chi connectivity index (χ3v) is 8.30. The summed E-state index contributed by atoms with van der Waals surface area (Å²) in [4.78, 5) is 24.9. The number of thioether (sulfide) groups is 1. The van der Waals surface area contributed by atoms with Gasteiger partial charge in [-0.25, -0.2) is 8.42 Å². The van der Waals surface area contributed by atoms with Gasteiger partial charge in [0, 0.05) is 41.7 Å². The minimum absolute atomic E-state index is 0.0937. The maximum atomic E-state index is 13.0. The minimum Gasteiger partial charge on any atom is -0.496 e. The van der Waals surface area contributed by atoms with E-state index in [2.05, 4.69) is 15.9 Å². The number of benzene rings is 1. The predicted molar refractivity (Wildman–Crippen MR) is 107 cm³/mol. The third kappa shape index (κ3) is 4.49. The number of piperidine rings is 1. The van der Waals surface area contributed by atoms with Crippen molar-refractivity contribution in [3.8, 4) is 5.75 Å². The summed E-state index contributed by atoms with van der Waals surface area (Å²) in [7, 11) is -2.09. The Bertz CT molecular complexity index is 830. The van der Waals surface area contributed by atoms with Gasteiger partial charge in [0.05, 0.1) is 18.2 Å². The molecule has 1 unspecified atom stereocenters. The van der Waals surface area contributed by atoms with Gasteiger partial charge in [-0.3, -0.25) is 14.5 Å². The van der Waals surface area contributed by atoms with E-state index in [1.807, 2.05) is 12.1 Å². The molecule has 1 aromatic carbocycles. The second-order valence-electron chi connectivity index (χ2n) is 6.33. The molecular weight excluding hydrogens is 456 g/mol. The zero-order valence-electron chi connectivity index (χ0n) is 14.9. The highest BCUT2D eigenvalue weighted by molar-refractivity contribution is 9.10. The smallest absolute Gasteiger partial charge is 0.229 e. The zero-order chi connectivity index (χ0) is 19.6. The molecule has 0 radical (unpaired) electrons. The van der Waals surface area contributed by atoms with Crippen LogP contribution >= 0.6 is 27.7 Å². The molecule has 0 saturated carbocycles. The number of likely N-dealkylation sites (tertiary alicyclic amines) is 1. The van der Waals surface area contributed by atoms with Gasteiger partial charge in [-0.15, -0.1) is 11.8 Å². The lowest BCUT2D eigenvalue weighted by atomic mass is 10.1. The van der Waals surface area contributed by atoms with E-state index < -0.39 is 15.4 Å². The summed E-state index contributed by atoms with van der Waals surface area (Å²) >= 11 is 4.95. The van der Waals surface area contributed by atoms with Crippen molar-refractivity contribution < 1.29 is 22.7 Å². The summed E-state index contributed by atoms with van der Waals surface area (Å²) in [6, 6.07) is 5.50. The normalized spacial score (nSPS) is 21.7. The van der Waals surface area contributed by atoms with Crippen molar-refractivity contribution in [2.45, 2.75) is 24.6 Å². The van der Waals surface area contributed by atoms with Crippen LogP contribution in [0.15, 0.2) is 22.7 Å². The molecule has 2 fully saturated rings. The minimum atomic E-state index is -3.65. The van der Waals surface area contributed by atoms with Crippen molar-refractivity contribution in [2.75, 3.05) is 31.7 Å². The first-order chi connectivity index (χ1) is 12.8. The van der Waals surface area contributed by atoms with Gasteiger partial charge in [0.2, 0.25) is 21.8 Å². The second kappa shape index (κ2) is 8.50. The molecular formula is C17H21BrN2O5S2. The van der Waals surface area contributed by atoms with Crippen molar-refractivity contribution in [1.82, 2.24) is 9.21 Å². The van der Waals surface area contributed by atoms with E-state index in [1.165, 1.54) is 16.1 Å². The molecule has 0 spiro atoms. The molecule has 2 heterocycles. The Labute approximate surface area is 171 Å². The zero-order valence-corrected chi connectivity index (χ0v) is 18.1. The number of imide groups is 1. The number of carbonyl (C=O) groups is 2. The molecule has 0 bridgehead atoms. The van der Waals surface area contributed by atoms with Crippen LogP contribution in [0.4, 0.5) is 0 Å². The average Bonchev–Trinajstić information content (AvgIpc) is 3.12. The van der Waals surface area contributed by atoms with Crippen LogP contribution in [0.25, 0.3) is 0 Å². The van der Waals surface area contributed by atoms with Gasteiger partial charge in [0.25, 0.3) is 0 Å². The maximum Gasteiger partial charge on any atom is 0.229 e. The number of hydrogen-bond donors (Lipinski definition) is 0. The summed E-state index contributed by atoms with van der Waals surface area (Å²) < 4.78 is 33.6. The highest BCUT2D eigenvalue weighted by Gasteiger charge is 2.38. The number of carbonyl (C=O) groups excluding carboxylic acids is 2. The standard InChI is InChI=1S/C17H21BrN2O5S2/c1-25-14-6-5-12(18)11-13(14)17-20(7-9-26-17)27(23,24)10-8-19-15(21)3-2-4-16(19)22/h5-6,11,17H,2-4,7-10H2,1H3. The molecule has 1 atom stereocenters. The number of sulfonamides is 1. The topological polar surface area (TPSA) is 84.0 Å². The van der Waals surface area contributed by atoms with Gasteiger partial charge in [-0.05, 0) is 24.6 Å². The van der Waals surface area contributed by atoms with Gasteiger partial charge in [-0.1, -0.05) is 15.9 Å². The van der Waals surface area contributed by atoms with E-state index in [0.717, 1.165) is 14.9 Å². The summed E-state index contributed by atoms with van der Waals surface area (Å²) in [6.45, 7) is 0.290. The Morgan fingerprint density at radius 3 is 2.63 bits per heavy atom. The van der Waals surface area contributed by atoms with E-state index >= 15 is 0 Å². The quantitative estimate of drug-likeness (QED) is 0.586. The van der Waals surface area contributed by atoms with Gasteiger partial charge >= 0.3 is 0 Å². The van der Waals surface area contributed by atoms with E-state index in [-0.39, 0.29) is 24.1 Å².